The van der Waals surface area contributed by atoms with Crippen molar-refractivity contribution in [2.45, 2.75) is 44.8 Å². The molecule has 0 radical (unpaired) electrons. The Kier molecular flexibility index (Phi) is 3.83. The summed E-state index contributed by atoms with van der Waals surface area (Å²) >= 11 is 0. The predicted molar refractivity (Wildman–Crippen MR) is 66.8 cm³/mol. The van der Waals surface area contributed by atoms with Crippen LogP contribution in [-0.4, -0.2) is 13.2 Å². The summed E-state index contributed by atoms with van der Waals surface area (Å²) in [6.45, 7) is 2.20. The van der Waals surface area contributed by atoms with Crippen molar-refractivity contribution in [3.05, 3.63) is 29.8 Å². The predicted octanol–water partition coefficient (Wildman–Crippen LogP) is 3.29. The molecule has 0 aliphatic heterocycles. The van der Waals surface area contributed by atoms with Gasteiger partial charge in [0.05, 0.1) is 6.10 Å². The van der Waals surface area contributed by atoms with Crippen LogP contribution in [0.1, 0.15) is 44.2 Å². The molecule has 2 rings (SSSR count). The quantitative estimate of drug-likeness (QED) is 0.820. The fourth-order valence-electron chi connectivity index (χ4n) is 2.09. The van der Waals surface area contributed by atoms with Gasteiger partial charge in [-0.2, -0.15) is 0 Å². The largest absolute Gasteiger partial charge is 0.490 e. The number of hydrogen-bond donors (Lipinski definition) is 1. The topological polar surface area (TPSA) is 21.3 Å². The highest BCUT2D eigenvalue weighted by molar-refractivity contribution is 5.30. The zero-order valence-electron chi connectivity index (χ0n) is 10.2. The Balaban J connectivity index is 2.05. The monoisotopic (exact) mass is 219 g/mol. The normalized spacial score (nSPS) is 17.9. The van der Waals surface area contributed by atoms with Gasteiger partial charge >= 0.3 is 0 Å². The van der Waals surface area contributed by atoms with E-state index in [9.17, 15) is 0 Å². The van der Waals surface area contributed by atoms with Gasteiger partial charge in [0.1, 0.15) is 5.75 Å². The molecule has 1 atom stereocenters. The number of benzene rings is 1. The third-order valence-electron chi connectivity index (χ3n) is 3.37. The lowest BCUT2D eigenvalue weighted by atomic mass is 9.96. The highest BCUT2D eigenvalue weighted by atomic mass is 16.5. The van der Waals surface area contributed by atoms with Crippen LogP contribution in [0.2, 0.25) is 0 Å². The van der Waals surface area contributed by atoms with Crippen LogP contribution >= 0.6 is 0 Å². The Morgan fingerprint density at radius 2 is 2.25 bits per heavy atom. The van der Waals surface area contributed by atoms with E-state index in [-0.39, 0.29) is 0 Å². The van der Waals surface area contributed by atoms with Crippen LogP contribution in [0.3, 0.4) is 0 Å². The van der Waals surface area contributed by atoms with Crippen LogP contribution in [-0.2, 0) is 0 Å². The number of nitrogens with one attached hydrogen (secondary N) is 1. The number of ether oxygens (including phenoxy) is 1. The fourth-order valence-corrected chi connectivity index (χ4v) is 2.09. The lowest BCUT2D eigenvalue weighted by Gasteiger charge is -2.27. The molecule has 0 spiro atoms. The first-order chi connectivity index (χ1) is 7.83. The van der Waals surface area contributed by atoms with Crippen molar-refractivity contribution in [1.82, 2.24) is 5.32 Å². The van der Waals surface area contributed by atoms with E-state index in [0.717, 1.165) is 12.2 Å². The summed E-state index contributed by atoms with van der Waals surface area (Å²) in [5.74, 6) is 1.02. The zero-order valence-corrected chi connectivity index (χ0v) is 10.2. The third-order valence-corrected chi connectivity index (χ3v) is 3.37. The summed E-state index contributed by atoms with van der Waals surface area (Å²) in [7, 11) is 2.01. The molecule has 0 bridgehead atoms. The molecule has 1 aromatic carbocycles. The van der Waals surface area contributed by atoms with Crippen LogP contribution in [0.4, 0.5) is 0 Å². The molecule has 1 aliphatic rings. The molecular formula is C14H21NO. The second kappa shape index (κ2) is 5.35. The van der Waals surface area contributed by atoms with Gasteiger partial charge in [-0.25, -0.2) is 0 Å². The van der Waals surface area contributed by atoms with Crippen molar-refractivity contribution in [3.63, 3.8) is 0 Å². The Hall–Kier alpha value is -1.02. The van der Waals surface area contributed by atoms with Gasteiger partial charge in [-0.3, -0.25) is 0 Å². The van der Waals surface area contributed by atoms with E-state index in [0.29, 0.717) is 12.1 Å². The zero-order chi connectivity index (χ0) is 11.4. The van der Waals surface area contributed by atoms with Crippen LogP contribution < -0.4 is 10.1 Å². The minimum absolute atomic E-state index is 0.435. The molecular weight excluding hydrogens is 198 g/mol. The minimum Gasteiger partial charge on any atom is -0.490 e. The van der Waals surface area contributed by atoms with E-state index >= 15 is 0 Å². The second-order valence-corrected chi connectivity index (χ2v) is 4.49. The fraction of sp³-hybridized carbons (Fsp3) is 0.571. The molecule has 0 saturated heterocycles. The summed E-state index contributed by atoms with van der Waals surface area (Å²) < 4.78 is 5.90. The minimum atomic E-state index is 0.435. The molecule has 1 saturated carbocycles. The van der Waals surface area contributed by atoms with Gasteiger partial charge in [-0.05, 0) is 50.4 Å². The van der Waals surface area contributed by atoms with Crippen LogP contribution in [0.15, 0.2) is 24.3 Å². The van der Waals surface area contributed by atoms with Gasteiger partial charge in [0.15, 0.2) is 0 Å². The SMILES string of the molecule is CCC(NC)c1cccc(OC2CCC2)c1. The van der Waals surface area contributed by atoms with Gasteiger partial charge in [0.25, 0.3) is 0 Å². The summed E-state index contributed by atoms with van der Waals surface area (Å²) in [5.41, 5.74) is 1.32. The molecule has 1 fully saturated rings. The van der Waals surface area contributed by atoms with Gasteiger partial charge in [-0.1, -0.05) is 19.1 Å². The Labute approximate surface area is 98.0 Å². The van der Waals surface area contributed by atoms with E-state index in [2.05, 4.69) is 36.5 Å². The average Bonchev–Trinajstić information content (AvgIpc) is 2.26. The van der Waals surface area contributed by atoms with Gasteiger partial charge in [0, 0.05) is 6.04 Å². The van der Waals surface area contributed by atoms with E-state index in [4.69, 9.17) is 4.74 Å². The Morgan fingerprint density at radius 3 is 2.81 bits per heavy atom. The standard InChI is InChI=1S/C14H21NO/c1-3-14(15-2)11-6-4-9-13(10-11)16-12-7-5-8-12/h4,6,9-10,12,14-15H,3,5,7-8H2,1-2H3. The Bertz CT molecular complexity index is 329. The van der Waals surface area contributed by atoms with Gasteiger partial charge in [0.2, 0.25) is 0 Å². The summed E-state index contributed by atoms with van der Waals surface area (Å²) in [6, 6.07) is 8.92. The lowest BCUT2D eigenvalue weighted by molar-refractivity contribution is 0.120. The molecule has 1 aromatic rings. The highest BCUT2D eigenvalue weighted by Crippen LogP contribution is 2.27. The van der Waals surface area contributed by atoms with E-state index in [1.54, 1.807) is 0 Å². The van der Waals surface area contributed by atoms with Crippen molar-refractivity contribution >= 4 is 0 Å². The Morgan fingerprint density at radius 1 is 1.44 bits per heavy atom. The maximum Gasteiger partial charge on any atom is 0.120 e. The maximum atomic E-state index is 5.90. The van der Waals surface area contributed by atoms with Crippen molar-refractivity contribution in [2.75, 3.05) is 7.05 Å². The molecule has 0 heterocycles. The molecule has 2 nitrogen and oxygen atoms in total. The van der Waals surface area contributed by atoms with Crippen LogP contribution in [0, 0.1) is 0 Å². The average molecular weight is 219 g/mol. The molecule has 16 heavy (non-hydrogen) atoms. The van der Waals surface area contributed by atoms with E-state index in [1.807, 2.05) is 7.05 Å². The van der Waals surface area contributed by atoms with Crippen molar-refractivity contribution in [3.8, 4) is 5.75 Å². The molecule has 1 unspecified atom stereocenters. The molecule has 2 heteroatoms. The van der Waals surface area contributed by atoms with E-state index < -0.39 is 0 Å². The van der Waals surface area contributed by atoms with Crippen molar-refractivity contribution in [1.29, 1.82) is 0 Å². The highest BCUT2D eigenvalue weighted by Gasteiger charge is 2.19. The number of hydrogen-bond acceptors (Lipinski definition) is 2. The molecule has 0 aromatic heterocycles. The number of rotatable bonds is 5. The first-order valence-corrected chi connectivity index (χ1v) is 6.27. The molecule has 88 valence electrons. The van der Waals surface area contributed by atoms with Crippen molar-refractivity contribution in [2.24, 2.45) is 0 Å². The first kappa shape index (κ1) is 11.5. The van der Waals surface area contributed by atoms with Crippen LogP contribution in [0.25, 0.3) is 0 Å². The van der Waals surface area contributed by atoms with Gasteiger partial charge in [-0.15, -0.1) is 0 Å². The van der Waals surface area contributed by atoms with Crippen LogP contribution in [0.5, 0.6) is 5.75 Å². The molecule has 1 aliphatic carbocycles. The molecule has 1 N–H and O–H groups in total. The third kappa shape index (κ3) is 2.56. The van der Waals surface area contributed by atoms with E-state index in [1.165, 1.54) is 24.8 Å². The van der Waals surface area contributed by atoms with Crippen molar-refractivity contribution < 1.29 is 4.74 Å². The smallest absolute Gasteiger partial charge is 0.120 e. The molecule has 0 amide bonds. The summed E-state index contributed by atoms with van der Waals surface area (Å²) in [5, 5.41) is 3.32. The maximum absolute atomic E-state index is 5.90. The summed E-state index contributed by atoms with van der Waals surface area (Å²) in [4.78, 5) is 0. The lowest BCUT2D eigenvalue weighted by Crippen LogP contribution is -2.24. The van der Waals surface area contributed by atoms with Gasteiger partial charge < -0.3 is 10.1 Å². The summed E-state index contributed by atoms with van der Waals surface area (Å²) in [6.07, 6.45) is 5.31. The first-order valence-electron chi connectivity index (χ1n) is 6.27. The second-order valence-electron chi connectivity index (χ2n) is 4.49.